The minimum Gasteiger partial charge on any atom is -0.494 e. The van der Waals surface area contributed by atoms with E-state index in [1.165, 1.54) is 80.2 Å². The molecular formula is C50H60N2O. The van der Waals surface area contributed by atoms with Crippen molar-refractivity contribution in [3.8, 4) is 0 Å². The van der Waals surface area contributed by atoms with E-state index < -0.39 is 0 Å². The van der Waals surface area contributed by atoms with Crippen LogP contribution in [0.1, 0.15) is 120 Å². The number of allylic oxidation sites excluding steroid dienone is 12. The Morgan fingerprint density at radius 1 is 0.849 bits per heavy atom. The van der Waals surface area contributed by atoms with Crippen molar-refractivity contribution in [3.63, 3.8) is 0 Å². The van der Waals surface area contributed by atoms with Gasteiger partial charge in [-0.05, 0) is 131 Å². The third-order valence-electron chi connectivity index (χ3n) is 13.4. The Hall–Kier alpha value is -3.95. The summed E-state index contributed by atoms with van der Waals surface area (Å²) in [4.78, 5) is 5.63. The minimum atomic E-state index is -0.157. The molecular weight excluding hydrogens is 645 g/mol. The molecule has 8 atom stereocenters. The van der Waals surface area contributed by atoms with Crippen molar-refractivity contribution in [1.29, 1.82) is 0 Å². The van der Waals surface area contributed by atoms with Gasteiger partial charge in [-0.1, -0.05) is 122 Å². The van der Waals surface area contributed by atoms with E-state index >= 15 is 0 Å². The average molecular weight is 705 g/mol. The highest BCUT2D eigenvalue weighted by Crippen LogP contribution is 2.60. The van der Waals surface area contributed by atoms with E-state index in [9.17, 15) is 0 Å². The van der Waals surface area contributed by atoms with E-state index in [1.807, 2.05) is 0 Å². The van der Waals surface area contributed by atoms with Crippen LogP contribution < -0.4 is 5.32 Å². The number of benzene rings is 2. The van der Waals surface area contributed by atoms with Crippen LogP contribution in [0.5, 0.6) is 0 Å². The van der Waals surface area contributed by atoms with Crippen LogP contribution in [0.3, 0.4) is 0 Å². The van der Waals surface area contributed by atoms with Crippen molar-refractivity contribution in [2.24, 2.45) is 28.7 Å². The number of rotatable bonds is 10. The zero-order valence-corrected chi connectivity index (χ0v) is 32.2. The van der Waals surface area contributed by atoms with Crippen LogP contribution in [0.2, 0.25) is 0 Å². The van der Waals surface area contributed by atoms with Gasteiger partial charge >= 0.3 is 0 Å². The fourth-order valence-corrected chi connectivity index (χ4v) is 10.8. The van der Waals surface area contributed by atoms with E-state index in [2.05, 4.69) is 135 Å². The van der Waals surface area contributed by atoms with Crippen molar-refractivity contribution >= 4 is 5.71 Å². The Morgan fingerprint density at radius 2 is 1.68 bits per heavy atom. The summed E-state index contributed by atoms with van der Waals surface area (Å²) in [6.07, 6.45) is 37.2. The highest BCUT2D eigenvalue weighted by Gasteiger charge is 2.57. The Morgan fingerprint density at radius 3 is 2.45 bits per heavy atom. The van der Waals surface area contributed by atoms with Gasteiger partial charge in [-0.3, -0.25) is 10.3 Å². The first-order valence-electron chi connectivity index (χ1n) is 20.9. The summed E-state index contributed by atoms with van der Waals surface area (Å²) in [6, 6.07) is 20.6. The second-order valence-electron chi connectivity index (χ2n) is 16.7. The first-order chi connectivity index (χ1) is 26.0. The van der Waals surface area contributed by atoms with Gasteiger partial charge in [0.15, 0.2) is 0 Å². The molecule has 0 aromatic heterocycles. The standard InChI is InChI=1S/C50H60N2O/c1-35(2)48(52-49(51-36(3)37-18-7-4-8-19-37)41-23-17-22-40(34-41)38-20-9-5-10-21-38)39-30-32-43(33-31-39)50(42-24-11-6-12-25-42)44-26-13-15-28-46(44)53-47-29-16-14-27-45(47)50/h4,6-9,11,17-20,22-24,28,30-33,36,38,40,44-45,47,49,51H,1,5,10,12-16,21,25-27,29,34H2,2-3H3/t36-,38?,40?,44?,45?,47?,49?,50+/m1/s1. The topological polar surface area (TPSA) is 33.6 Å². The number of nitrogens with one attached hydrogen (secondary N) is 1. The molecule has 2 aromatic carbocycles. The third-order valence-corrected chi connectivity index (χ3v) is 13.4. The quantitative estimate of drug-likeness (QED) is 0.197. The molecule has 276 valence electrons. The van der Waals surface area contributed by atoms with E-state index in [0.717, 1.165) is 42.5 Å². The first kappa shape index (κ1) is 36.0. The van der Waals surface area contributed by atoms with Gasteiger partial charge in [-0.2, -0.15) is 0 Å². The summed E-state index contributed by atoms with van der Waals surface area (Å²) in [5, 5.41) is 3.97. The maximum Gasteiger partial charge on any atom is 0.123 e. The number of hydrogen-bond acceptors (Lipinski definition) is 3. The van der Waals surface area contributed by atoms with Crippen LogP contribution in [0.15, 0.2) is 143 Å². The fraction of sp³-hybridized carbons (Fsp3) is 0.460. The normalized spacial score (nSPS) is 30.9. The smallest absolute Gasteiger partial charge is 0.123 e. The largest absolute Gasteiger partial charge is 0.494 e. The van der Waals surface area contributed by atoms with Crippen LogP contribution in [-0.2, 0) is 10.2 Å². The Balaban J connectivity index is 1.17. The Labute approximate surface area is 319 Å². The lowest BCUT2D eigenvalue weighted by Crippen LogP contribution is -2.56. The second-order valence-corrected chi connectivity index (χ2v) is 16.7. The zero-order valence-electron chi connectivity index (χ0n) is 32.2. The summed E-state index contributed by atoms with van der Waals surface area (Å²) in [5.74, 6) is 3.29. The van der Waals surface area contributed by atoms with E-state index in [1.54, 1.807) is 5.57 Å². The minimum absolute atomic E-state index is 0.0313. The molecule has 0 amide bonds. The summed E-state index contributed by atoms with van der Waals surface area (Å²) >= 11 is 0. The van der Waals surface area contributed by atoms with Crippen LogP contribution in [0, 0.1) is 23.7 Å². The van der Waals surface area contributed by atoms with Gasteiger partial charge < -0.3 is 4.74 Å². The van der Waals surface area contributed by atoms with E-state index in [4.69, 9.17) is 9.73 Å². The summed E-state index contributed by atoms with van der Waals surface area (Å²) in [7, 11) is 0. The van der Waals surface area contributed by atoms with Gasteiger partial charge in [0.25, 0.3) is 0 Å². The van der Waals surface area contributed by atoms with Crippen molar-refractivity contribution in [3.05, 3.63) is 155 Å². The Kier molecular flexibility index (Phi) is 11.0. The first-order valence-corrected chi connectivity index (χ1v) is 20.9. The zero-order chi connectivity index (χ0) is 36.2. The number of ether oxygens (including phenoxy) is 1. The van der Waals surface area contributed by atoms with Gasteiger partial charge in [-0.15, -0.1) is 0 Å². The lowest BCUT2D eigenvalue weighted by atomic mass is 9.50. The SMILES string of the molecule is C=C(C)C(=NC(N[C@H](C)c1ccccc1)C1=CC=CC(C2C=CCCC2)C1)c1ccc([C@@]2(C3=CC=CCC3)C3CCCC=C3OC3CCCCC32)cc1. The molecule has 2 fully saturated rings. The molecule has 1 saturated heterocycles. The molecule has 6 aliphatic rings. The average Bonchev–Trinajstić information content (AvgIpc) is 3.22. The molecule has 1 saturated carbocycles. The second kappa shape index (κ2) is 16.2. The number of hydrogen-bond donors (Lipinski definition) is 1. The van der Waals surface area contributed by atoms with Crippen LogP contribution in [0.25, 0.3) is 0 Å². The fourth-order valence-electron chi connectivity index (χ4n) is 10.8. The summed E-state index contributed by atoms with van der Waals surface area (Å²) in [5.41, 5.74) is 8.84. The van der Waals surface area contributed by atoms with E-state index in [0.29, 0.717) is 29.8 Å². The molecule has 1 aliphatic heterocycles. The molecule has 0 radical (unpaired) electrons. The maximum absolute atomic E-state index is 6.93. The van der Waals surface area contributed by atoms with Crippen LogP contribution in [0.4, 0.5) is 0 Å². The number of nitrogens with zero attached hydrogens (tertiary/aromatic N) is 1. The monoisotopic (exact) mass is 704 g/mol. The molecule has 5 aliphatic carbocycles. The van der Waals surface area contributed by atoms with Crippen molar-refractivity contribution in [1.82, 2.24) is 5.32 Å². The highest BCUT2D eigenvalue weighted by molar-refractivity contribution is 6.12. The molecule has 0 bridgehead atoms. The lowest BCUT2D eigenvalue weighted by Gasteiger charge is -2.58. The molecule has 0 spiro atoms. The van der Waals surface area contributed by atoms with Crippen molar-refractivity contribution < 1.29 is 4.74 Å². The predicted molar refractivity (Wildman–Crippen MR) is 222 cm³/mol. The van der Waals surface area contributed by atoms with Gasteiger partial charge in [0, 0.05) is 28.9 Å². The predicted octanol–water partition coefficient (Wildman–Crippen LogP) is 12.4. The van der Waals surface area contributed by atoms with Gasteiger partial charge in [0.2, 0.25) is 0 Å². The molecule has 8 rings (SSSR count). The van der Waals surface area contributed by atoms with Crippen molar-refractivity contribution in [2.75, 3.05) is 0 Å². The molecule has 3 heteroatoms. The van der Waals surface area contributed by atoms with Crippen molar-refractivity contribution in [2.45, 2.75) is 121 Å². The molecule has 1 heterocycles. The number of aliphatic imine (C=N–C) groups is 1. The van der Waals surface area contributed by atoms with Gasteiger partial charge in [-0.25, -0.2) is 0 Å². The van der Waals surface area contributed by atoms with Crippen LogP contribution >= 0.6 is 0 Å². The molecule has 53 heavy (non-hydrogen) atoms. The number of fused-ring (bicyclic) bond motifs is 2. The van der Waals surface area contributed by atoms with Gasteiger partial charge in [0.1, 0.15) is 12.3 Å². The third kappa shape index (κ3) is 7.31. The van der Waals surface area contributed by atoms with Crippen LogP contribution in [-0.4, -0.2) is 18.0 Å². The molecule has 3 nitrogen and oxygen atoms in total. The summed E-state index contributed by atoms with van der Waals surface area (Å²) < 4.78 is 6.93. The van der Waals surface area contributed by atoms with Gasteiger partial charge in [0.05, 0.1) is 11.5 Å². The Bertz CT molecular complexity index is 1840. The molecule has 6 unspecified atom stereocenters. The highest BCUT2D eigenvalue weighted by atomic mass is 16.5. The molecule has 1 N–H and O–H groups in total. The maximum atomic E-state index is 6.93. The molecule has 2 aromatic rings. The lowest BCUT2D eigenvalue weighted by molar-refractivity contribution is -0.0747. The van der Waals surface area contributed by atoms with E-state index in [-0.39, 0.29) is 17.6 Å². The summed E-state index contributed by atoms with van der Waals surface area (Å²) in [6.45, 7) is 8.91.